The maximum atomic E-state index is 12.0. The van der Waals surface area contributed by atoms with Crippen molar-refractivity contribution in [3.8, 4) is 0 Å². The Balaban J connectivity index is 2.42. The maximum Gasteiger partial charge on any atom is 0.263 e. The smallest absolute Gasteiger partial charge is 0.263 e. The maximum absolute atomic E-state index is 12.0. The minimum absolute atomic E-state index is 0.0567. The molecular weight excluding hydrogens is 246 g/mol. The van der Waals surface area contributed by atoms with Crippen molar-refractivity contribution in [1.82, 2.24) is 10.3 Å². The van der Waals surface area contributed by atoms with Gasteiger partial charge in [-0.25, -0.2) is 4.98 Å². The van der Waals surface area contributed by atoms with Crippen molar-refractivity contribution >= 4 is 22.4 Å². The third-order valence-electron chi connectivity index (χ3n) is 2.82. The van der Waals surface area contributed by atoms with Crippen molar-refractivity contribution in [2.24, 2.45) is 5.92 Å². The number of aromatic nitrogens is 1. The van der Waals surface area contributed by atoms with Gasteiger partial charge >= 0.3 is 0 Å². The Kier molecular flexibility index (Phi) is 5.59. The molecule has 0 saturated carbocycles. The Bertz CT molecular complexity index is 401. The minimum Gasteiger partial charge on any atom is -0.375 e. The van der Waals surface area contributed by atoms with Gasteiger partial charge in [-0.1, -0.05) is 38.0 Å². The number of aryl methyl sites for hydroxylation is 1. The lowest BCUT2D eigenvalue weighted by molar-refractivity contribution is 0.0941. The van der Waals surface area contributed by atoms with Gasteiger partial charge in [-0.15, -0.1) is 0 Å². The Morgan fingerprint density at radius 1 is 1.39 bits per heavy atom. The molecule has 0 aromatic carbocycles. The number of nitrogen functional groups attached to an aromatic ring is 1. The molecule has 1 atom stereocenters. The zero-order valence-corrected chi connectivity index (χ0v) is 12.4. The summed E-state index contributed by atoms with van der Waals surface area (Å²) in [5, 5.41) is 3.45. The molecule has 0 bridgehead atoms. The number of nitrogens with zero attached hydrogens (tertiary/aromatic N) is 1. The molecule has 0 aliphatic rings. The van der Waals surface area contributed by atoms with Crippen molar-refractivity contribution in [3.05, 3.63) is 10.6 Å². The standard InChI is InChI=1S/C13H23N3OS/c1-8(2)6-5-7-9(3)15-12(17)11-10(4)16-13(14)18-11/h8-9H,5-7H2,1-4H3,(H2,14,16)(H,15,17). The SMILES string of the molecule is Cc1nc(N)sc1C(=O)NC(C)CCCC(C)C. The first kappa shape index (κ1) is 15.0. The van der Waals surface area contributed by atoms with Gasteiger partial charge in [-0.05, 0) is 26.2 Å². The Hall–Kier alpha value is -1.10. The molecule has 1 aromatic heterocycles. The number of rotatable bonds is 6. The Morgan fingerprint density at radius 3 is 2.56 bits per heavy atom. The van der Waals surface area contributed by atoms with E-state index in [1.807, 2.05) is 13.8 Å². The van der Waals surface area contributed by atoms with Crippen LogP contribution in [-0.2, 0) is 0 Å². The van der Waals surface area contributed by atoms with Crippen LogP contribution >= 0.6 is 11.3 Å². The van der Waals surface area contributed by atoms with Crippen LogP contribution in [0.5, 0.6) is 0 Å². The summed E-state index contributed by atoms with van der Waals surface area (Å²) in [5.41, 5.74) is 6.30. The molecule has 0 aliphatic carbocycles. The van der Waals surface area contributed by atoms with Gasteiger partial charge in [0.15, 0.2) is 5.13 Å². The highest BCUT2D eigenvalue weighted by molar-refractivity contribution is 7.17. The molecule has 18 heavy (non-hydrogen) atoms. The molecule has 1 rings (SSSR count). The molecule has 0 radical (unpaired) electrons. The van der Waals surface area contributed by atoms with E-state index in [-0.39, 0.29) is 11.9 Å². The lowest BCUT2D eigenvalue weighted by Gasteiger charge is -2.14. The highest BCUT2D eigenvalue weighted by Gasteiger charge is 2.15. The van der Waals surface area contributed by atoms with Crippen LogP contribution in [0.3, 0.4) is 0 Å². The van der Waals surface area contributed by atoms with E-state index < -0.39 is 0 Å². The first-order valence-electron chi connectivity index (χ1n) is 6.44. The lowest BCUT2D eigenvalue weighted by Crippen LogP contribution is -2.32. The topological polar surface area (TPSA) is 68.0 Å². The third kappa shape index (κ3) is 4.64. The average molecular weight is 269 g/mol. The van der Waals surface area contributed by atoms with Gasteiger partial charge in [0.2, 0.25) is 0 Å². The van der Waals surface area contributed by atoms with E-state index in [0.29, 0.717) is 15.7 Å². The number of amides is 1. The van der Waals surface area contributed by atoms with Gasteiger partial charge < -0.3 is 11.1 Å². The number of thiazole rings is 1. The number of hydrogen-bond acceptors (Lipinski definition) is 4. The first-order chi connectivity index (χ1) is 8.40. The van der Waals surface area contributed by atoms with Gasteiger partial charge in [0, 0.05) is 6.04 Å². The molecule has 5 heteroatoms. The van der Waals surface area contributed by atoms with Crippen LogP contribution in [0.25, 0.3) is 0 Å². The molecule has 1 amide bonds. The van der Waals surface area contributed by atoms with Crippen molar-refractivity contribution in [2.45, 2.75) is 53.0 Å². The molecule has 0 saturated heterocycles. The average Bonchev–Trinajstić information content (AvgIpc) is 2.57. The van der Waals surface area contributed by atoms with Crippen molar-refractivity contribution in [1.29, 1.82) is 0 Å². The van der Waals surface area contributed by atoms with Crippen molar-refractivity contribution in [3.63, 3.8) is 0 Å². The summed E-state index contributed by atoms with van der Waals surface area (Å²) in [5.74, 6) is 0.662. The van der Waals surface area contributed by atoms with Crippen molar-refractivity contribution in [2.75, 3.05) is 5.73 Å². The van der Waals surface area contributed by atoms with Crippen LogP contribution in [0, 0.1) is 12.8 Å². The highest BCUT2D eigenvalue weighted by Crippen LogP contribution is 2.19. The van der Waals surface area contributed by atoms with Gasteiger partial charge in [0.05, 0.1) is 5.69 Å². The van der Waals surface area contributed by atoms with Gasteiger partial charge in [-0.3, -0.25) is 4.79 Å². The summed E-state index contributed by atoms with van der Waals surface area (Å²) < 4.78 is 0. The van der Waals surface area contributed by atoms with E-state index in [1.165, 1.54) is 17.8 Å². The molecule has 1 heterocycles. The summed E-state index contributed by atoms with van der Waals surface area (Å²) >= 11 is 1.25. The minimum atomic E-state index is -0.0567. The molecule has 102 valence electrons. The Labute approximate surface area is 113 Å². The van der Waals surface area contributed by atoms with Gasteiger partial charge in [0.1, 0.15) is 4.88 Å². The number of hydrogen-bond donors (Lipinski definition) is 2. The summed E-state index contributed by atoms with van der Waals surface area (Å²) in [4.78, 5) is 16.7. The van der Waals surface area contributed by atoms with Crippen LogP contribution in [0.1, 0.15) is 55.4 Å². The zero-order chi connectivity index (χ0) is 13.7. The summed E-state index contributed by atoms with van der Waals surface area (Å²) in [7, 11) is 0. The second-order valence-corrected chi connectivity index (χ2v) is 6.20. The molecular formula is C13H23N3OS. The third-order valence-corrected chi connectivity index (χ3v) is 3.80. The number of nitrogens with two attached hydrogens (primary N) is 1. The molecule has 0 spiro atoms. The Morgan fingerprint density at radius 2 is 2.06 bits per heavy atom. The monoisotopic (exact) mass is 269 g/mol. The zero-order valence-electron chi connectivity index (χ0n) is 11.6. The normalized spacial score (nSPS) is 12.7. The molecule has 0 aliphatic heterocycles. The number of carbonyl (C=O) groups is 1. The van der Waals surface area contributed by atoms with Gasteiger partial charge in [-0.2, -0.15) is 0 Å². The van der Waals surface area contributed by atoms with Crippen LogP contribution in [0.2, 0.25) is 0 Å². The largest absolute Gasteiger partial charge is 0.375 e. The molecule has 3 N–H and O–H groups in total. The second kappa shape index (κ2) is 6.73. The lowest BCUT2D eigenvalue weighted by atomic mass is 10.0. The van der Waals surface area contributed by atoms with Crippen LogP contribution in [0.4, 0.5) is 5.13 Å². The van der Waals surface area contributed by atoms with E-state index in [4.69, 9.17) is 5.73 Å². The number of anilines is 1. The van der Waals surface area contributed by atoms with E-state index in [0.717, 1.165) is 18.8 Å². The molecule has 4 nitrogen and oxygen atoms in total. The van der Waals surface area contributed by atoms with E-state index in [1.54, 1.807) is 0 Å². The predicted octanol–water partition coefficient (Wildman–Crippen LogP) is 2.98. The van der Waals surface area contributed by atoms with Crippen LogP contribution in [-0.4, -0.2) is 16.9 Å². The van der Waals surface area contributed by atoms with Gasteiger partial charge in [0.25, 0.3) is 5.91 Å². The highest BCUT2D eigenvalue weighted by atomic mass is 32.1. The quantitative estimate of drug-likeness (QED) is 0.834. The van der Waals surface area contributed by atoms with Crippen LogP contribution in [0.15, 0.2) is 0 Å². The summed E-state index contributed by atoms with van der Waals surface area (Å²) in [6.45, 7) is 8.28. The molecule has 1 aromatic rings. The summed E-state index contributed by atoms with van der Waals surface area (Å²) in [6, 6.07) is 0.193. The van der Waals surface area contributed by atoms with E-state index in [9.17, 15) is 4.79 Å². The predicted molar refractivity (Wildman–Crippen MR) is 76.9 cm³/mol. The van der Waals surface area contributed by atoms with Crippen LogP contribution < -0.4 is 11.1 Å². The number of nitrogens with one attached hydrogen (secondary N) is 1. The number of carbonyl (C=O) groups excluding carboxylic acids is 1. The van der Waals surface area contributed by atoms with E-state index >= 15 is 0 Å². The molecule has 1 unspecified atom stereocenters. The second-order valence-electron chi connectivity index (χ2n) is 5.17. The molecule has 0 fully saturated rings. The van der Waals surface area contributed by atoms with E-state index in [2.05, 4.69) is 24.1 Å². The fraction of sp³-hybridized carbons (Fsp3) is 0.692. The fourth-order valence-corrected chi connectivity index (χ4v) is 2.56. The first-order valence-corrected chi connectivity index (χ1v) is 7.25. The van der Waals surface area contributed by atoms with Crippen molar-refractivity contribution < 1.29 is 4.79 Å². The summed E-state index contributed by atoms with van der Waals surface area (Å²) in [6.07, 6.45) is 3.35. The fourth-order valence-electron chi connectivity index (χ4n) is 1.82.